The SMILES string of the molecule is CN=C(NCc1ccc(OCc2ccccn2)cc1)N1CCC(C)(C)C1. The highest BCUT2D eigenvalue weighted by Gasteiger charge is 2.30. The fourth-order valence-corrected chi connectivity index (χ4v) is 3.15. The first-order chi connectivity index (χ1) is 12.6. The smallest absolute Gasteiger partial charge is 0.193 e. The summed E-state index contributed by atoms with van der Waals surface area (Å²) in [5.41, 5.74) is 2.50. The molecule has 0 radical (unpaired) electrons. The second-order valence-electron chi connectivity index (χ2n) is 7.49. The van der Waals surface area contributed by atoms with Gasteiger partial charge in [-0.25, -0.2) is 0 Å². The minimum Gasteiger partial charge on any atom is -0.487 e. The van der Waals surface area contributed by atoms with Crippen LogP contribution in [0.5, 0.6) is 5.75 Å². The van der Waals surface area contributed by atoms with E-state index in [0.717, 1.165) is 37.0 Å². The van der Waals surface area contributed by atoms with Crippen LogP contribution in [0.1, 0.15) is 31.5 Å². The Morgan fingerprint density at radius 1 is 1.23 bits per heavy atom. The monoisotopic (exact) mass is 352 g/mol. The quantitative estimate of drug-likeness (QED) is 0.661. The molecule has 0 unspecified atom stereocenters. The van der Waals surface area contributed by atoms with Crippen molar-refractivity contribution >= 4 is 5.96 Å². The molecule has 0 amide bonds. The third-order valence-corrected chi connectivity index (χ3v) is 4.68. The number of nitrogens with zero attached hydrogens (tertiary/aromatic N) is 3. The fraction of sp³-hybridized carbons (Fsp3) is 0.429. The minimum atomic E-state index is 0.365. The standard InChI is InChI=1S/C21H28N4O/c1-21(2)11-13-25(16-21)20(22-3)24-14-17-7-9-19(10-8-17)26-15-18-6-4-5-12-23-18/h4-10,12H,11,13-16H2,1-3H3,(H,22,24). The number of hydrogen-bond acceptors (Lipinski definition) is 3. The summed E-state index contributed by atoms with van der Waals surface area (Å²) in [6, 6.07) is 14.0. The number of aromatic nitrogens is 1. The van der Waals surface area contributed by atoms with E-state index in [2.05, 4.69) is 46.2 Å². The molecule has 1 aromatic heterocycles. The number of ether oxygens (including phenoxy) is 1. The molecule has 26 heavy (non-hydrogen) atoms. The van der Waals surface area contributed by atoms with Crippen LogP contribution in [-0.4, -0.2) is 36.0 Å². The van der Waals surface area contributed by atoms with Crippen molar-refractivity contribution in [3.05, 3.63) is 59.9 Å². The predicted molar refractivity (Wildman–Crippen MR) is 105 cm³/mol. The number of guanidine groups is 1. The van der Waals surface area contributed by atoms with Crippen LogP contribution in [0.15, 0.2) is 53.7 Å². The van der Waals surface area contributed by atoms with Gasteiger partial charge in [0.25, 0.3) is 0 Å². The molecule has 0 atom stereocenters. The van der Waals surface area contributed by atoms with Gasteiger partial charge < -0.3 is 15.0 Å². The van der Waals surface area contributed by atoms with E-state index in [9.17, 15) is 0 Å². The molecular formula is C21H28N4O. The summed E-state index contributed by atoms with van der Waals surface area (Å²) in [4.78, 5) is 11.0. The first kappa shape index (κ1) is 18.2. The van der Waals surface area contributed by atoms with Gasteiger partial charge in [0, 0.05) is 32.9 Å². The average Bonchev–Trinajstić information content (AvgIpc) is 3.02. The highest BCUT2D eigenvalue weighted by Crippen LogP contribution is 2.28. The number of rotatable bonds is 5. The maximum absolute atomic E-state index is 5.78. The first-order valence-corrected chi connectivity index (χ1v) is 9.13. The molecule has 0 saturated carbocycles. The minimum absolute atomic E-state index is 0.365. The Bertz CT molecular complexity index is 725. The van der Waals surface area contributed by atoms with Crippen molar-refractivity contribution < 1.29 is 4.74 Å². The third kappa shape index (κ3) is 4.97. The molecule has 2 aromatic rings. The number of likely N-dealkylation sites (tertiary alicyclic amines) is 1. The van der Waals surface area contributed by atoms with Gasteiger partial charge in [0.15, 0.2) is 5.96 Å². The zero-order valence-electron chi connectivity index (χ0n) is 15.9. The number of nitrogens with one attached hydrogen (secondary N) is 1. The van der Waals surface area contributed by atoms with Crippen molar-refractivity contribution in [1.29, 1.82) is 0 Å². The Balaban J connectivity index is 1.49. The largest absolute Gasteiger partial charge is 0.487 e. The number of pyridine rings is 1. The molecule has 5 nitrogen and oxygen atoms in total. The topological polar surface area (TPSA) is 49.8 Å². The van der Waals surface area contributed by atoms with E-state index in [1.54, 1.807) is 6.20 Å². The lowest BCUT2D eigenvalue weighted by Crippen LogP contribution is -2.40. The second kappa shape index (κ2) is 8.21. The normalized spacial score (nSPS) is 16.6. The van der Waals surface area contributed by atoms with Gasteiger partial charge in [-0.3, -0.25) is 9.98 Å². The molecule has 2 heterocycles. The molecule has 1 saturated heterocycles. The molecule has 0 bridgehead atoms. The highest BCUT2D eigenvalue weighted by molar-refractivity contribution is 5.80. The van der Waals surface area contributed by atoms with E-state index in [4.69, 9.17) is 4.74 Å². The van der Waals surface area contributed by atoms with Gasteiger partial charge in [-0.1, -0.05) is 32.0 Å². The van der Waals surface area contributed by atoms with Crippen LogP contribution >= 0.6 is 0 Å². The van der Waals surface area contributed by atoms with Gasteiger partial charge in [-0.15, -0.1) is 0 Å². The summed E-state index contributed by atoms with van der Waals surface area (Å²) in [6.07, 6.45) is 2.98. The summed E-state index contributed by atoms with van der Waals surface area (Å²) < 4.78 is 5.78. The summed E-state index contributed by atoms with van der Waals surface area (Å²) >= 11 is 0. The molecule has 1 fully saturated rings. The predicted octanol–water partition coefficient (Wildman–Crippen LogP) is 3.47. The van der Waals surface area contributed by atoms with Crippen LogP contribution in [0.3, 0.4) is 0 Å². The molecular weight excluding hydrogens is 324 g/mol. The van der Waals surface area contributed by atoms with E-state index in [1.807, 2.05) is 37.4 Å². The van der Waals surface area contributed by atoms with Gasteiger partial charge in [-0.2, -0.15) is 0 Å². The Morgan fingerprint density at radius 3 is 2.65 bits per heavy atom. The third-order valence-electron chi connectivity index (χ3n) is 4.68. The van der Waals surface area contributed by atoms with Gasteiger partial charge in [-0.05, 0) is 41.7 Å². The van der Waals surface area contributed by atoms with E-state index in [1.165, 1.54) is 12.0 Å². The van der Waals surface area contributed by atoms with Crippen LogP contribution < -0.4 is 10.1 Å². The molecule has 1 N–H and O–H groups in total. The zero-order chi connectivity index (χ0) is 18.4. The molecule has 1 aliphatic heterocycles. The number of benzene rings is 1. The lowest BCUT2D eigenvalue weighted by Gasteiger charge is -2.23. The van der Waals surface area contributed by atoms with Gasteiger partial charge in [0.2, 0.25) is 0 Å². The Labute approximate surface area is 156 Å². The molecule has 0 aliphatic carbocycles. The molecule has 1 aliphatic rings. The molecule has 138 valence electrons. The maximum atomic E-state index is 5.78. The summed E-state index contributed by atoms with van der Waals surface area (Å²) in [5, 5.41) is 3.47. The lowest BCUT2D eigenvalue weighted by atomic mass is 9.93. The Kier molecular flexibility index (Phi) is 5.76. The average molecular weight is 352 g/mol. The van der Waals surface area contributed by atoms with E-state index < -0.39 is 0 Å². The lowest BCUT2D eigenvalue weighted by molar-refractivity contribution is 0.301. The van der Waals surface area contributed by atoms with Crippen molar-refractivity contribution in [3.8, 4) is 5.75 Å². The maximum Gasteiger partial charge on any atom is 0.193 e. The van der Waals surface area contributed by atoms with Gasteiger partial charge in [0.05, 0.1) is 5.69 Å². The molecule has 0 spiro atoms. The van der Waals surface area contributed by atoms with E-state index >= 15 is 0 Å². The van der Waals surface area contributed by atoms with E-state index in [-0.39, 0.29) is 0 Å². The zero-order valence-corrected chi connectivity index (χ0v) is 15.9. The van der Waals surface area contributed by atoms with Crippen molar-refractivity contribution in [1.82, 2.24) is 15.2 Å². The number of aliphatic imine (C=N–C) groups is 1. The van der Waals surface area contributed by atoms with Crippen molar-refractivity contribution in [2.24, 2.45) is 10.4 Å². The fourth-order valence-electron chi connectivity index (χ4n) is 3.15. The van der Waals surface area contributed by atoms with Crippen molar-refractivity contribution in [3.63, 3.8) is 0 Å². The summed E-state index contributed by atoms with van der Waals surface area (Å²) in [7, 11) is 1.85. The van der Waals surface area contributed by atoms with Crippen LogP contribution in [0.25, 0.3) is 0 Å². The van der Waals surface area contributed by atoms with Gasteiger partial charge >= 0.3 is 0 Å². The van der Waals surface area contributed by atoms with E-state index in [0.29, 0.717) is 12.0 Å². The van der Waals surface area contributed by atoms with Crippen LogP contribution in [0.4, 0.5) is 0 Å². The van der Waals surface area contributed by atoms with Crippen LogP contribution in [-0.2, 0) is 13.2 Å². The van der Waals surface area contributed by atoms with Crippen LogP contribution in [0, 0.1) is 5.41 Å². The van der Waals surface area contributed by atoms with Crippen LogP contribution in [0.2, 0.25) is 0 Å². The summed E-state index contributed by atoms with van der Waals surface area (Å²) in [5.74, 6) is 1.83. The second-order valence-corrected chi connectivity index (χ2v) is 7.49. The molecule has 3 rings (SSSR count). The highest BCUT2D eigenvalue weighted by atomic mass is 16.5. The molecule has 5 heteroatoms. The van der Waals surface area contributed by atoms with Gasteiger partial charge in [0.1, 0.15) is 12.4 Å². The Hall–Kier alpha value is -2.56. The first-order valence-electron chi connectivity index (χ1n) is 9.13. The molecule has 1 aromatic carbocycles. The van der Waals surface area contributed by atoms with Crippen molar-refractivity contribution in [2.45, 2.75) is 33.4 Å². The Morgan fingerprint density at radius 2 is 2.04 bits per heavy atom. The van der Waals surface area contributed by atoms with Crippen molar-refractivity contribution in [2.75, 3.05) is 20.1 Å². The number of hydrogen-bond donors (Lipinski definition) is 1. The summed E-state index contributed by atoms with van der Waals surface area (Å²) in [6.45, 7) is 7.97.